The van der Waals surface area contributed by atoms with E-state index in [4.69, 9.17) is 0 Å². The molecular weight excluding hydrogens is 493 g/mol. The number of aromatic hydroxyl groups is 1. The minimum Gasteiger partial charge on any atom is -0.508 e. The summed E-state index contributed by atoms with van der Waals surface area (Å²) in [6, 6.07) is 22.2. The van der Waals surface area contributed by atoms with Gasteiger partial charge >= 0.3 is 0 Å². The number of hydrazone groups is 1. The van der Waals surface area contributed by atoms with E-state index in [-0.39, 0.29) is 17.4 Å². The number of pyridine rings is 2. The highest BCUT2D eigenvalue weighted by atomic mass is 19.1. The van der Waals surface area contributed by atoms with E-state index < -0.39 is 5.82 Å². The van der Waals surface area contributed by atoms with Gasteiger partial charge in [-0.15, -0.1) is 0 Å². The number of phenols is 1. The summed E-state index contributed by atoms with van der Waals surface area (Å²) in [6.07, 6.45) is 5.96. The second-order valence-corrected chi connectivity index (χ2v) is 8.12. The molecule has 0 unspecified atom stereocenters. The van der Waals surface area contributed by atoms with Crippen LogP contribution < -0.4 is 10.7 Å². The lowest BCUT2D eigenvalue weighted by molar-refractivity contribution is 0.475. The smallest absolute Gasteiger partial charge is 0.244 e. The zero-order valence-corrected chi connectivity index (χ0v) is 21.8. The number of hydrogen-bond acceptors (Lipinski definition) is 8. The van der Waals surface area contributed by atoms with Crippen LogP contribution in [0.15, 0.2) is 96.5 Å². The van der Waals surface area contributed by atoms with E-state index in [1.807, 2.05) is 62.4 Å². The molecule has 0 saturated carbocycles. The molecular formula is C30H28FN7O. The molecule has 3 aromatic heterocycles. The quantitative estimate of drug-likeness (QED) is 0.157. The van der Waals surface area contributed by atoms with E-state index >= 15 is 0 Å². The fourth-order valence-corrected chi connectivity index (χ4v) is 3.65. The second-order valence-electron chi connectivity index (χ2n) is 8.12. The number of benzene rings is 2. The number of aryl methyl sites for hydroxylation is 1. The standard InChI is InChI=1S/C28H22FN7O.C2H6/c1-18-25(6-3-13-30-18)27-26(29)17-32-28(35-27)36-33-16-22-11-12-23(15-31-22)34-21-9-7-19(8-10-21)20-4-2-5-24(37)14-20;1-2/h2-17,34,37H,1H3,(H,32,35,36);1-2H3/b33-16+;. The van der Waals surface area contributed by atoms with Crippen molar-refractivity contribution in [3.63, 3.8) is 0 Å². The van der Waals surface area contributed by atoms with E-state index in [0.29, 0.717) is 17.0 Å². The van der Waals surface area contributed by atoms with Gasteiger partial charge in [0.2, 0.25) is 5.95 Å². The minimum atomic E-state index is -0.538. The summed E-state index contributed by atoms with van der Waals surface area (Å²) in [6.45, 7) is 5.79. The van der Waals surface area contributed by atoms with Crippen LogP contribution in [0.1, 0.15) is 25.2 Å². The summed E-state index contributed by atoms with van der Waals surface area (Å²) in [4.78, 5) is 16.7. The van der Waals surface area contributed by atoms with Crippen molar-refractivity contribution in [2.24, 2.45) is 5.10 Å². The molecule has 2 aromatic carbocycles. The number of rotatable bonds is 7. The Kier molecular flexibility index (Phi) is 8.87. The maximum absolute atomic E-state index is 14.3. The molecule has 3 N–H and O–H groups in total. The van der Waals surface area contributed by atoms with Crippen molar-refractivity contribution >= 4 is 23.5 Å². The van der Waals surface area contributed by atoms with Crippen molar-refractivity contribution in [2.45, 2.75) is 20.8 Å². The van der Waals surface area contributed by atoms with Crippen LogP contribution in [-0.2, 0) is 0 Å². The van der Waals surface area contributed by atoms with Gasteiger partial charge < -0.3 is 10.4 Å². The number of hydrogen-bond donors (Lipinski definition) is 3. The molecule has 0 saturated heterocycles. The molecule has 0 aliphatic heterocycles. The van der Waals surface area contributed by atoms with Crippen molar-refractivity contribution in [3.05, 3.63) is 109 Å². The van der Waals surface area contributed by atoms with Gasteiger partial charge in [0.1, 0.15) is 11.4 Å². The molecule has 5 aromatic rings. The summed E-state index contributed by atoms with van der Waals surface area (Å²) in [7, 11) is 0. The predicted molar refractivity (Wildman–Crippen MR) is 154 cm³/mol. The molecule has 9 heteroatoms. The Labute approximate surface area is 226 Å². The first-order chi connectivity index (χ1) is 19.0. The van der Waals surface area contributed by atoms with Gasteiger partial charge in [-0.1, -0.05) is 38.1 Å². The SMILES string of the molecule is CC.Cc1ncccc1-c1nc(N/N=C/c2ccc(Nc3ccc(-c4cccc(O)c4)cc3)cn2)ncc1F. The first-order valence-electron chi connectivity index (χ1n) is 12.4. The van der Waals surface area contributed by atoms with E-state index in [1.54, 1.807) is 43.6 Å². The molecule has 0 radical (unpaired) electrons. The van der Waals surface area contributed by atoms with Gasteiger partial charge in [-0.25, -0.2) is 19.8 Å². The second kappa shape index (κ2) is 12.9. The van der Waals surface area contributed by atoms with Gasteiger partial charge in [-0.3, -0.25) is 9.97 Å². The van der Waals surface area contributed by atoms with E-state index in [2.05, 4.69) is 35.8 Å². The van der Waals surface area contributed by atoms with Crippen LogP contribution in [0.2, 0.25) is 0 Å². The highest BCUT2D eigenvalue weighted by Gasteiger charge is 2.12. The molecule has 0 amide bonds. The first kappa shape index (κ1) is 26.9. The third-order valence-corrected chi connectivity index (χ3v) is 5.51. The molecule has 8 nitrogen and oxygen atoms in total. The highest BCUT2D eigenvalue weighted by molar-refractivity contribution is 5.78. The lowest BCUT2D eigenvalue weighted by Gasteiger charge is -2.08. The van der Waals surface area contributed by atoms with Crippen LogP contribution >= 0.6 is 0 Å². The number of nitrogens with zero attached hydrogens (tertiary/aromatic N) is 5. The predicted octanol–water partition coefficient (Wildman–Crippen LogP) is 6.97. The molecule has 3 heterocycles. The van der Waals surface area contributed by atoms with Crippen LogP contribution in [0.3, 0.4) is 0 Å². The Balaban J connectivity index is 0.00000172. The van der Waals surface area contributed by atoms with Gasteiger partial charge in [0.25, 0.3) is 0 Å². The molecule has 0 bridgehead atoms. The number of phenolic OH excluding ortho intramolecular Hbond substituents is 1. The lowest BCUT2D eigenvalue weighted by atomic mass is 10.1. The van der Waals surface area contributed by atoms with Crippen molar-refractivity contribution in [3.8, 4) is 28.1 Å². The molecule has 0 spiro atoms. The third kappa shape index (κ3) is 6.98. The minimum absolute atomic E-state index is 0.154. The van der Waals surface area contributed by atoms with Gasteiger partial charge in [0.15, 0.2) is 5.82 Å². The van der Waals surface area contributed by atoms with Crippen molar-refractivity contribution in [1.29, 1.82) is 0 Å². The Morgan fingerprint density at radius 1 is 0.846 bits per heavy atom. The number of anilines is 3. The topological polar surface area (TPSA) is 108 Å². The number of halogens is 1. The molecule has 0 fully saturated rings. The molecule has 39 heavy (non-hydrogen) atoms. The average molecular weight is 522 g/mol. The fourth-order valence-electron chi connectivity index (χ4n) is 3.65. The van der Waals surface area contributed by atoms with Gasteiger partial charge in [-0.2, -0.15) is 5.10 Å². The normalized spacial score (nSPS) is 10.6. The average Bonchev–Trinajstić information content (AvgIpc) is 2.97. The van der Waals surface area contributed by atoms with E-state index in [0.717, 1.165) is 28.7 Å². The lowest BCUT2D eigenvalue weighted by Crippen LogP contribution is -2.02. The monoisotopic (exact) mass is 521 g/mol. The van der Waals surface area contributed by atoms with Gasteiger partial charge in [0, 0.05) is 23.1 Å². The van der Waals surface area contributed by atoms with Gasteiger partial charge in [-0.05, 0) is 66.6 Å². The summed E-state index contributed by atoms with van der Waals surface area (Å²) in [5, 5.41) is 17.1. The Bertz CT molecular complexity index is 1560. The van der Waals surface area contributed by atoms with Crippen LogP contribution in [0.5, 0.6) is 5.75 Å². The Hall–Kier alpha value is -5.18. The zero-order chi connectivity index (χ0) is 27.6. The summed E-state index contributed by atoms with van der Waals surface area (Å²) in [5.41, 5.74) is 8.41. The van der Waals surface area contributed by atoms with Crippen molar-refractivity contribution in [2.75, 3.05) is 10.7 Å². The van der Waals surface area contributed by atoms with Crippen LogP contribution in [0.4, 0.5) is 21.7 Å². The van der Waals surface area contributed by atoms with Crippen molar-refractivity contribution < 1.29 is 9.50 Å². The molecule has 0 atom stereocenters. The Morgan fingerprint density at radius 2 is 1.64 bits per heavy atom. The Morgan fingerprint density at radius 3 is 2.36 bits per heavy atom. The van der Waals surface area contributed by atoms with E-state index in [9.17, 15) is 9.50 Å². The fraction of sp³-hybridized carbons (Fsp3) is 0.100. The van der Waals surface area contributed by atoms with E-state index in [1.165, 1.54) is 6.21 Å². The summed E-state index contributed by atoms with van der Waals surface area (Å²) < 4.78 is 14.3. The van der Waals surface area contributed by atoms with Crippen LogP contribution in [-0.4, -0.2) is 31.3 Å². The number of nitrogens with one attached hydrogen (secondary N) is 2. The van der Waals surface area contributed by atoms with Crippen LogP contribution in [0.25, 0.3) is 22.4 Å². The molecule has 0 aliphatic rings. The maximum atomic E-state index is 14.3. The molecule has 196 valence electrons. The van der Waals surface area contributed by atoms with Crippen LogP contribution in [0, 0.1) is 12.7 Å². The van der Waals surface area contributed by atoms with Gasteiger partial charge in [0.05, 0.1) is 30.0 Å². The summed E-state index contributed by atoms with van der Waals surface area (Å²) >= 11 is 0. The number of aromatic nitrogens is 4. The zero-order valence-electron chi connectivity index (χ0n) is 21.8. The summed E-state index contributed by atoms with van der Waals surface area (Å²) in [5.74, 6) is -0.146. The molecule has 0 aliphatic carbocycles. The third-order valence-electron chi connectivity index (χ3n) is 5.51. The first-order valence-corrected chi connectivity index (χ1v) is 12.4. The highest BCUT2D eigenvalue weighted by Crippen LogP contribution is 2.26. The van der Waals surface area contributed by atoms with Crippen molar-refractivity contribution in [1.82, 2.24) is 19.9 Å². The largest absolute Gasteiger partial charge is 0.508 e. The molecule has 5 rings (SSSR count). The maximum Gasteiger partial charge on any atom is 0.244 e.